The molecule has 0 aliphatic heterocycles. The molecule has 2 aliphatic rings. The van der Waals surface area contributed by atoms with Crippen LogP contribution in [-0.2, 0) is 10.2 Å². The van der Waals surface area contributed by atoms with Crippen LogP contribution in [0.4, 0.5) is 0 Å². The monoisotopic (exact) mass is 309 g/mol. The second kappa shape index (κ2) is 4.76. The predicted octanol–water partition coefficient (Wildman–Crippen LogP) is 1.90. The highest BCUT2D eigenvalue weighted by molar-refractivity contribution is 5.91. The average Bonchev–Trinajstić information content (AvgIpc) is 2.87. The van der Waals surface area contributed by atoms with Crippen molar-refractivity contribution in [3.8, 4) is 12.1 Å². The first-order valence-electron chi connectivity index (χ1n) is 7.83. The maximum absolute atomic E-state index is 13.0. The van der Waals surface area contributed by atoms with Crippen molar-refractivity contribution in [2.24, 2.45) is 5.41 Å². The number of rotatable bonds is 2. The summed E-state index contributed by atoms with van der Waals surface area (Å²) in [5.41, 5.74) is 0.252. The lowest BCUT2D eigenvalue weighted by molar-refractivity contribution is -0.130. The lowest BCUT2D eigenvalue weighted by atomic mass is 9.67. The summed E-state index contributed by atoms with van der Waals surface area (Å²) in [6.45, 7) is 7.97. The Kier molecular flexibility index (Phi) is 3.19. The van der Waals surface area contributed by atoms with Crippen molar-refractivity contribution in [2.45, 2.75) is 57.9 Å². The summed E-state index contributed by atoms with van der Waals surface area (Å²) in [4.78, 5) is 21.9. The van der Waals surface area contributed by atoms with Crippen molar-refractivity contribution in [1.82, 2.24) is 15.3 Å². The van der Waals surface area contributed by atoms with Crippen molar-refractivity contribution < 1.29 is 4.79 Å². The minimum absolute atomic E-state index is 0.00585. The molecule has 0 spiro atoms. The molecule has 3 rings (SSSR count). The zero-order valence-electron chi connectivity index (χ0n) is 13.8. The Balaban J connectivity index is 2.25. The Bertz CT molecular complexity index is 783. The van der Waals surface area contributed by atoms with E-state index in [2.05, 4.69) is 29.1 Å². The smallest absolute Gasteiger partial charge is 0.233 e. The molecular weight excluding hydrogens is 290 g/mol. The number of nitrogens with one attached hydrogen (secondary N) is 1. The quantitative estimate of drug-likeness (QED) is 0.898. The predicted molar refractivity (Wildman–Crippen MR) is 82.2 cm³/mol. The van der Waals surface area contributed by atoms with Gasteiger partial charge in [0.25, 0.3) is 0 Å². The number of carbonyl (C=O) groups excluding carboxylic acids is 1. The van der Waals surface area contributed by atoms with Crippen LogP contribution in [0.1, 0.15) is 69.2 Å². The van der Waals surface area contributed by atoms with Crippen LogP contribution in [0.5, 0.6) is 0 Å². The van der Waals surface area contributed by atoms with E-state index < -0.39 is 5.41 Å². The van der Waals surface area contributed by atoms with Gasteiger partial charge in [-0.25, -0.2) is 9.97 Å². The molecule has 118 valence electrons. The zero-order chi connectivity index (χ0) is 17.0. The van der Waals surface area contributed by atoms with E-state index >= 15 is 0 Å². The summed E-state index contributed by atoms with van der Waals surface area (Å²) in [6, 6.07) is 3.90. The number of nitrogens with zero attached hydrogens (tertiary/aromatic N) is 4. The summed E-state index contributed by atoms with van der Waals surface area (Å²) in [7, 11) is 0. The molecule has 0 radical (unpaired) electrons. The maximum atomic E-state index is 13.0. The number of carbonyl (C=O) groups is 1. The summed E-state index contributed by atoms with van der Waals surface area (Å²) in [5.74, 6) is 0.0319. The van der Waals surface area contributed by atoms with Crippen LogP contribution in [-0.4, -0.2) is 21.9 Å². The average molecular weight is 309 g/mol. The Morgan fingerprint density at radius 2 is 1.87 bits per heavy atom. The summed E-state index contributed by atoms with van der Waals surface area (Å²) in [5, 5.41) is 21.4. The van der Waals surface area contributed by atoms with E-state index in [1.807, 2.05) is 26.0 Å². The van der Waals surface area contributed by atoms with Gasteiger partial charge in [-0.1, -0.05) is 13.8 Å². The van der Waals surface area contributed by atoms with Gasteiger partial charge in [0.2, 0.25) is 5.91 Å². The molecule has 2 bridgehead atoms. The van der Waals surface area contributed by atoms with Gasteiger partial charge in [-0.2, -0.15) is 10.5 Å². The molecule has 0 saturated heterocycles. The van der Waals surface area contributed by atoms with Gasteiger partial charge in [0.05, 0.1) is 16.8 Å². The number of hydrogen-bond acceptors (Lipinski definition) is 5. The second-order valence-corrected chi connectivity index (χ2v) is 7.22. The first-order valence-corrected chi connectivity index (χ1v) is 7.83. The third kappa shape index (κ3) is 1.75. The van der Waals surface area contributed by atoms with Crippen LogP contribution >= 0.6 is 0 Å². The Hall–Kier alpha value is -2.47. The topological polar surface area (TPSA) is 102 Å². The van der Waals surface area contributed by atoms with Gasteiger partial charge in [0.1, 0.15) is 12.1 Å². The normalized spacial score (nSPS) is 26.5. The van der Waals surface area contributed by atoms with Crippen LogP contribution in [0.25, 0.3) is 0 Å². The molecule has 23 heavy (non-hydrogen) atoms. The SMILES string of the molecule is CC(C)NC(=O)C12CCC(c3nc(C#N)c(C#N)nc31)C2(C)C. The number of nitriles is 2. The van der Waals surface area contributed by atoms with Crippen LogP contribution in [0.2, 0.25) is 0 Å². The molecule has 1 amide bonds. The van der Waals surface area contributed by atoms with Crippen molar-refractivity contribution in [1.29, 1.82) is 10.5 Å². The largest absolute Gasteiger partial charge is 0.353 e. The van der Waals surface area contributed by atoms with Gasteiger partial charge in [-0.15, -0.1) is 0 Å². The fraction of sp³-hybridized carbons (Fsp3) is 0.588. The van der Waals surface area contributed by atoms with Gasteiger partial charge < -0.3 is 5.32 Å². The highest BCUT2D eigenvalue weighted by Gasteiger charge is 2.68. The van der Waals surface area contributed by atoms with Crippen LogP contribution < -0.4 is 5.32 Å². The summed E-state index contributed by atoms with van der Waals surface area (Å²) < 4.78 is 0. The summed E-state index contributed by atoms with van der Waals surface area (Å²) in [6.07, 6.45) is 1.54. The first kappa shape index (κ1) is 15.4. The van der Waals surface area contributed by atoms with Crippen molar-refractivity contribution >= 4 is 5.91 Å². The molecule has 6 nitrogen and oxygen atoms in total. The maximum Gasteiger partial charge on any atom is 0.233 e. The third-order valence-electron chi connectivity index (χ3n) is 5.46. The van der Waals surface area contributed by atoms with Crippen molar-refractivity contribution in [2.75, 3.05) is 0 Å². The molecule has 1 N–H and O–H groups in total. The molecule has 2 unspecified atom stereocenters. The van der Waals surface area contributed by atoms with E-state index in [-0.39, 0.29) is 34.7 Å². The second-order valence-electron chi connectivity index (χ2n) is 7.22. The van der Waals surface area contributed by atoms with Crippen molar-refractivity contribution in [3.05, 3.63) is 22.8 Å². The Morgan fingerprint density at radius 1 is 1.26 bits per heavy atom. The van der Waals surface area contributed by atoms with Gasteiger partial charge in [0, 0.05) is 12.0 Å². The standard InChI is InChI=1S/C17H19N5O/c1-9(2)20-15(23)17-6-5-10(16(17,3)4)13-14(17)22-12(8-19)11(7-18)21-13/h9-10H,5-6H2,1-4H3,(H,20,23). The van der Waals surface area contributed by atoms with Gasteiger partial charge in [0.15, 0.2) is 11.4 Å². The number of amides is 1. The Labute approximate surface area is 135 Å². The molecule has 1 saturated carbocycles. The van der Waals surface area contributed by atoms with E-state index in [9.17, 15) is 15.3 Å². The molecular formula is C17H19N5O. The van der Waals surface area contributed by atoms with E-state index in [0.717, 1.165) is 12.1 Å². The molecule has 1 fully saturated rings. The number of fused-ring (bicyclic) bond motifs is 5. The van der Waals surface area contributed by atoms with Crippen LogP contribution in [0, 0.1) is 28.1 Å². The number of hydrogen-bond donors (Lipinski definition) is 1. The lowest BCUT2D eigenvalue weighted by Gasteiger charge is -2.36. The molecule has 2 aliphatic carbocycles. The van der Waals surface area contributed by atoms with Gasteiger partial charge in [-0.05, 0) is 32.1 Å². The molecule has 1 heterocycles. The zero-order valence-corrected chi connectivity index (χ0v) is 13.8. The van der Waals surface area contributed by atoms with E-state index in [1.54, 1.807) is 0 Å². The fourth-order valence-corrected chi connectivity index (χ4v) is 4.30. The fourth-order valence-electron chi connectivity index (χ4n) is 4.30. The van der Waals surface area contributed by atoms with Gasteiger partial charge >= 0.3 is 0 Å². The molecule has 1 aromatic rings. The first-order chi connectivity index (χ1) is 10.8. The van der Waals surface area contributed by atoms with Crippen molar-refractivity contribution in [3.63, 3.8) is 0 Å². The molecule has 1 aromatic heterocycles. The van der Waals surface area contributed by atoms with Crippen LogP contribution in [0.15, 0.2) is 0 Å². The highest BCUT2D eigenvalue weighted by atomic mass is 16.2. The Morgan fingerprint density at radius 3 is 2.43 bits per heavy atom. The molecule has 6 heteroatoms. The lowest BCUT2D eigenvalue weighted by Crippen LogP contribution is -2.51. The molecule has 2 atom stereocenters. The minimum atomic E-state index is -0.774. The minimum Gasteiger partial charge on any atom is -0.353 e. The van der Waals surface area contributed by atoms with Gasteiger partial charge in [-0.3, -0.25) is 4.79 Å². The third-order valence-corrected chi connectivity index (χ3v) is 5.46. The van der Waals surface area contributed by atoms with E-state index in [4.69, 9.17) is 0 Å². The summed E-state index contributed by atoms with van der Waals surface area (Å²) >= 11 is 0. The van der Waals surface area contributed by atoms with E-state index in [0.29, 0.717) is 12.1 Å². The van der Waals surface area contributed by atoms with E-state index in [1.165, 1.54) is 0 Å². The van der Waals surface area contributed by atoms with Crippen LogP contribution in [0.3, 0.4) is 0 Å². The highest BCUT2D eigenvalue weighted by Crippen LogP contribution is 2.67. The molecule has 0 aromatic carbocycles. The number of aromatic nitrogens is 2.